The van der Waals surface area contributed by atoms with E-state index in [9.17, 15) is 8.42 Å². The van der Waals surface area contributed by atoms with E-state index < -0.39 is 10.4 Å². The molecule has 0 bridgehead atoms. The van der Waals surface area contributed by atoms with Crippen molar-refractivity contribution in [2.24, 2.45) is 0 Å². The summed E-state index contributed by atoms with van der Waals surface area (Å²) < 4.78 is 34.4. The van der Waals surface area contributed by atoms with Gasteiger partial charge in [-0.3, -0.25) is 4.55 Å². The van der Waals surface area contributed by atoms with Crippen molar-refractivity contribution in [2.75, 3.05) is 6.61 Å². The Bertz CT molecular complexity index is 406. The van der Waals surface area contributed by atoms with Gasteiger partial charge in [-0.05, 0) is 17.7 Å². The lowest BCUT2D eigenvalue weighted by atomic mass is 10.5. The molecular weight excluding hydrogens is 230 g/mol. The molecule has 0 aliphatic rings. The van der Waals surface area contributed by atoms with E-state index in [1.807, 2.05) is 0 Å². The fourth-order valence-electron chi connectivity index (χ4n) is 0.878. The summed E-state index contributed by atoms with van der Waals surface area (Å²) in [6.07, 6.45) is 1.68. The Balaban J connectivity index is 2.51. The molecule has 0 spiro atoms. The Labute approximate surface area is 86.8 Å². The molecule has 0 saturated carbocycles. The zero-order valence-corrected chi connectivity index (χ0v) is 8.70. The highest BCUT2D eigenvalue weighted by Gasteiger charge is 2.09. The quantitative estimate of drug-likeness (QED) is 0.470. The smallest absolute Gasteiger partial charge is 0.264 e. The van der Waals surface area contributed by atoms with E-state index in [2.05, 4.69) is 4.18 Å². The van der Waals surface area contributed by atoms with E-state index in [0.717, 1.165) is 0 Å². The number of nitrogens with zero attached hydrogens (tertiary/aromatic N) is 1. The second-order valence-electron chi connectivity index (χ2n) is 2.47. The van der Waals surface area contributed by atoms with Crippen molar-refractivity contribution in [3.63, 3.8) is 0 Å². The Kier molecular flexibility index (Phi) is 3.82. The van der Waals surface area contributed by atoms with Crippen molar-refractivity contribution in [3.8, 4) is 0 Å². The number of halogens is 1. The van der Waals surface area contributed by atoms with E-state index >= 15 is 0 Å². The number of pyridine rings is 1. The molecule has 78 valence electrons. The highest BCUT2D eigenvalue weighted by molar-refractivity contribution is 7.80. The Morgan fingerprint density at radius 1 is 1.50 bits per heavy atom. The van der Waals surface area contributed by atoms with E-state index in [1.165, 1.54) is 0 Å². The minimum Gasteiger partial charge on any atom is -0.264 e. The number of hydrogen-bond acceptors (Lipinski definition) is 3. The summed E-state index contributed by atoms with van der Waals surface area (Å²) in [5.74, 6) is 0. The van der Waals surface area contributed by atoms with E-state index in [0.29, 0.717) is 5.15 Å². The Hall–Kier alpha value is -0.690. The van der Waals surface area contributed by atoms with Crippen LogP contribution < -0.4 is 4.57 Å². The number of aromatic nitrogens is 1. The molecule has 1 heterocycles. The molecule has 0 saturated heterocycles. The molecule has 7 heteroatoms. The topological polar surface area (TPSA) is 67.5 Å². The molecule has 5 nitrogen and oxygen atoms in total. The molecule has 0 fully saturated rings. The van der Waals surface area contributed by atoms with Crippen molar-refractivity contribution in [2.45, 2.75) is 6.54 Å². The second kappa shape index (κ2) is 4.70. The average Bonchev–Trinajstić information content (AvgIpc) is 2.06. The SMILES string of the molecule is O=S(=O)(O)OCC[n+]1ccccc1Cl. The van der Waals surface area contributed by atoms with Gasteiger partial charge in [0.15, 0.2) is 12.7 Å². The molecule has 0 radical (unpaired) electrons. The summed E-state index contributed by atoms with van der Waals surface area (Å²) in [7, 11) is -4.36. The lowest BCUT2D eigenvalue weighted by molar-refractivity contribution is -0.695. The van der Waals surface area contributed by atoms with E-state index in [-0.39, 0.29) is 13.2 Å². The van der Waals surface area contributed by atoms with E-state index in [1.54, 1.807) is 29.0 Å². The monoisotopic (exact) mass is 238 g/mol. The molecule has 14 heavy (non-hydrogen) atoms. The lowest BCUT2D eigenvalue weighted by Crippen LogP contribution is -2.37. The minimum atomic E-state index is -4.36. The fraction of sp³-hybridized carbons (Fsp3) is 0.286. The third kappa shape index (κ3) is 4.01. The van der Waals surface area contributed by atoms with Crippen molar-refractivity contribution >= 4 is 22.0 Å². The summed E-state index contributed by atoms with van der Waals surface area (Å²) in [5.41, 5.74) is 0. The van der Waals surface area contributed by atoms with Gasteiger partial charge < -0.3 is 0 Å². The lowest BCUT2D eigenvalue weighted by Gasteiger charge is -1.98. The van der Waals surface area contributed by atoms with Crippen molar-refractivity contribution < 1.29 is 21.7 Å². The van der Waals surface area contributed by atoms with Crippen molar-refractivity contribution in [3.05, 3.63) is 29.5 Å². The first-order valence-electron chi connectivity index (χ1n) is 3.75. The largest absolute Gasteiger partial charge is 0.397 e. The fourth-order valence-corrected chi connectivity index (χ4v) is 1.38. The van der Waals surface area contributed by atoms with Crippen LogP contribution in [0, 0.1) is 0 Å². The van der Waals surface area contributed by atoms with Gasteiger partial charge in [-0.25, -0.2) is 4.18 Å². The summed E-state index contributed by atoms with van der Waals surface area (Å²) in [6, 6.07) is 5.16. The predicted octanol–water partition coefficient (Wildman–Crippen LogP) is 0.447. The standard InChI is InChI=1S/C7H8ClNO4S/c8-7-3-1-2-4-9(7)5-6-13-14(10,11)12/h1-4H,5-6H2/p+1. The summed E-state index contributed by atoms with van der Waals surface area (Å²) in [5, 5.41) is 0.464. The third-order valence-electron chi connectivity index (χ3n) is 1.45. The first kappa shape index (κ1) is 11.4. The highest BCUT2D eigenvalue weighted by atomic mass is 35.5. The van der Waals surface area contributed by atoms with Crippen molar-refractivity contribution in [1.82, 2.24) is 0 Å². The maximum atomic E-state index is 10.2. The van der Waals surface area contributed by atoms with Crippen LogP contribution in [0.25, 0.3) is 0 Å². The van der Waals surface area contributed by atoms with Crippen LogP contribution in [0.3, 0.4) is 0 Å². The van der Waals surface area contributed by atoms with Crippen LogP contribution in [0.2, 0.25) is 5.15 Å². The molecule has 0 aliphatic carbocycles. The molecule has 0 atom stereocenters. The summed E-state index contributed by atoms with van der Waals surface area (Å²) in [4.78, 5) is 0. The molecule has 1 aromatic heterocycles. The van der Waals surface area contributed by atoms with Gasteiger partial charge in [0.25, 0.3) is 5.15 Å². The highest BCUT2D eigenvalue weighted by Crippen LogP contribution is 1.98. The third-order valence-corrected chi connectivity index (χ3v) is 2.26. The number of rotatable bonds is 4. The van der Waals surface area contributed by atoms with Gasteiger partial charge >= 0.3 is 10.4 Å². The normalized spacial score (nSPS) is 11.6. The van der Waals surface area contributed by atoms with Crippen LogP contribution in [0.15, 0.2) is 24.4 Å². The van der Waals surface area contributed by atoms with Gasteiger partial charge in [-0.2, -0.15) is 13.0 Å². The molecule has 0 amide bonds. The maximum absolute atomic E-state index is 10.2. The van der Waals surface area contributed by atoms with Gasteiger partial charge in [-0.15, -0.1) is 0 Å². The van der Waals surface area contributed by atoms with Crippen LogP contribution in [-0.4, -0.2) is 19.6 Å². The molecule has 1 aromatic rings. The van der Waals surface area contributed by atoms with Gasteiger partial charge in [0.1, 0.15) is 6.61 Å². The van der Waals surface area contributed by atoms with Crippen LogP contribution in [0.5, 0.6) is 0 Å². The summed E-state index contributed by atoms with van der Waals surface area (Å²) in [6.45, 7) is 0.0900. The second-order valence-corrected chi connectivity index (χ2v) is 3.94. The molecule has 1 N–H and O–H groups in total. The molecule has 0 aliphatic heterocycles. The predicted molar refractivity (Wildman–Crippen MR) is 49.1 cm³/mol. The zero-order chi connectivity index (χ0) is 10.6. The van der Waals surface area contributed by atoms with Crippen LogP contribution >= 0.6 is 11.6 Å². The van der Waals surface area contributed by atoms with Crippen LogP contribution in [0.4, 0.5) is 0 Å². The first-order valence-corrected chi connectivity index (χ1v) is 5.49. The molecule has 0 unspecified atom stereocenters. The zero-order valence-electron chi connectivity index (χ0n) is 7.13. The van der Waals surface area contributed by atoms with Gasteiger partial charge in [0.05, 0.1) is 0 Å². The van der Waals surface area contributed by atoms with Crippen LogP contribution in [0.1, 0.15) is 0 Å². The molecular formula is C7H9ClNO4S+. The summed E-state index contributed by atoms with van der Waals surface area (Å²) >= 11 is 5.77. The Morgan fingerprint density at radius 3 is 2.79 bits per heavy atom. The van der Waals surface area contributed by atoms with E-state index in [4.69, 9.17) is 16.2 Å². The number of hydrogen-bond donors (Lipinski definition) is 1. The maximum Gasteiger partial charge on any atom is 0.397 e. The molecule has 0 aromatic carbocycles. The Morgan fingerprint density at radius 2 is 2.21 bits per heavy atom. The van der Waals surface area contributed by atoms with Crippen molar-refractivity contribution in [1.29, 1.82) is 0 Å². The molecule has 1 rings (SSSR count). The van der Waals surface area contributed by atoms with Crippen LogP contribution in [-0.2, 0) is 21.1 Å². The van der Waals surface area contributed by atoms with Gasteiger partial charge in [0, 0.05) is 12.1 Å². The van der Waals surface area contributed by atoms with Gasteiger partial charge in [0.2, 0.25) is 0 Å². The minimum absolute atomic E-state index is 0.159. The average molecular weight is 239 g/mol. The van der Waals surface area contributed by atoms with Gasteiger partial charge in [-0.1, -0.05) is 0 Å². The first-order chi connectivity index (χ1) is 6.49.